The minimum atomic E-state index is -1.57. The molecule has 2 aliphatic heterocycles. The van der Waals surface area contributed by atoms with Crippen LogP contribution in [-0.4, -0.2) is 73.3 Å². The van der Waals surface area contributed by atoms with Gasteiger partial charge in [0.15, 0.2) is 17.5 Å². The number of anilines is 1. The fourth-order valence-corrected chi connectivity index (χ4v) is 4.74. The molecule has 2 saturated heterocycles. The largest absolute Gasteiger partial charge is 0.486 e. The molecular weight excluding hydrogens is 519 g/mol. The van der Waals surface area contributed by atoms with Gasteiger partial charge in [-0.2, -0.15) is 13.5 Å². The van der Waals surface area contributed by atoms with Gasteiger partial charge in [-0.15, -0.1) is 0 Å². The van der Waals surface area contributed by atoms with E-state index >= 15 is 0 Å². The maximum atomic E-state index is 13.8. The molecule has 2 aliphatic rings. The number of rotatable bonds is 6. The zero-order chi connectivity index (χ0) is 26.1. The number of carbonyl (C=O) groups is 1. The second-order valence-corrected chi connectivity index (χ2v) is 9.25. The number of nitrogens with one attached hydrogen (secondary N) is 1. The van der Waals surface area contributed by atoms with Crippen LogP contribution >= 0.6 is 13.5 Å². The summed E-state index contributed by atoms with van der Waals surface area (Å²) in [6.07, 6.45) is 1.74. The van der Waals surface area contributed by atoms with Crippen LogP contribution in [0.2, 0.25) is 0 Å². The van der Waals surface area contributed by atoms with Crippen LogP contribution in [0.15, 0.2) is 30.5 Å². The van der Waals surface area contributed by atoms with Crippen molar-refractivity contribution in [1.29, 1.82) is 0 Å². The van der Waals surface area contributed by atoms with Gasteiger partial charge in [-0.3, -0.25) is 9.78 Å². The van der Waals surface area contributed by atoms with Crippen LogP contribution in [0.3, 0.4) is 0 Å². The van der Waals surface area contributed by atoms with Crippen molar-refractivity contribution in [2.24, 2.45) is 0 Å². The number of likely N-dealkylation sites (N-methyl/N-ethyl adjacent to an activating group) is 1. The Kier molecular flexibility index (Phi) is 8.64. The first-order valence-corrected chi connectivity index (χ1v) is 12.2. The summed E-state index contributed by atoms with van der Waals surface area (Å²) < 4.78 is 52.3. The summed E-state index contributed by atoms with van der Waals surface area (Å²) in [6.45, 7) is 5.36. The molecule has 2 aromatic carbocycles. The van der Waals surface area contributed by atoms with Crippen molar-refractivity contribution < 1.29 is 27.4 Å². The molecule has 0 spiro atoms. The Hall–Kier alpha value is -3.09. The topological polar surface area (TPSA) is 79.8 Å². The standard InChI is InChI=1S/C26H28F3N5O3.H2S/c1-15(37-18-11-20(27)24(29)21(28)12-18)19-9-16(26(35)34-4-3-17(14-34)30-2)10-22-25(19)32-23(13-31-22)33-5-7-36-8-6-33;/h9-13,15,17,30H,3-8,14H2,1-2H3;1H2/t15?,17-;/m0./s1. The fourth-order valence-electron chi connectivity index (χ4n) is 4.74. The average molecular weight is 550 g/mol. The third-order valence-electron chi connectivity index (χ3n) is 6.84. The Morgan fingerprint density at radius 1 is 1.13 bits per heavy atom. The smallest absolute Gasteiger partial charge is 0.253 e. The molecule has 1 aromatic heterocycles. The molecule has 0 bridgehead atoms. The number of amides is 1. The predicted octanol–water partition coefficient (Wildman–Crippen LogP) is 3.57. The molecule has 8 nitrogen and oxygen atoms in total. The van der Waals surface area contributed by atoms with Gasteiger partial charge in [0.1, 0.15) is 17.7 Å². The second kappa shape index (κ2) is 11.7. The number of nitrogens with zero attached hydrogens (tertiary/aromatic N) is 4. The Morgan fingerprint density at radius 3 is 2.50 bits per heavy atom. The summed E-state index contributed by atoms with van der Waals surface area (Å²) in [5.74, 6) is -3.94. The van der Waals surface area contributed by atoms with Gasteiger partial charge in [-0.05, 0) is 32.5 Å². The number of benzene rings is 2. The van der Waals surface area contributed by atoms with E-state index in [1.165, 1.54) is 0 Å². The van der Waals surface area contributed by atoms with Gasteiger partial charge in [0.2, 0.25) is 0 Å². The minimum absolute atomic E-state index is 0. The first-order valence-electron chi connectivity index (χ1n) is 12.2. The highest BCUT2D eigenvalue weighted by Gasteiger charge is 2.28. The molecule has 3 heterocycles. The van der Waals surface area contributed by atoms with E-state index < -0.39 is 23.6 Å². The van der Waals surface area contributed by atoms with Crippen LogP contribution in [0.5, 0.6) is 5.75 Å². The molecular formula is C26H30F3N5O3S. The highest BCUT2D eigenvalue weighted by molar-refractivity contribution is 7.59. The third-order valence-corrected chi connectivity index (χ3v) is 6.84. The summed E-state index contributed by atoms with van der Waals surface area (Å²) in [7, 11) is 1.87. The van der Waals surface area contributed by atoms with Gasteiger partial charge >= 0.3 is 0 Å². The van der Waals surface area contributed by atoms with Gasteiger partial charge in [-0.1, -0.05) is 0 Å². The molecule has 1 N–H and O–H groups in total. The molecule has 0 saturated carbocycles. The van der Waals surface area contributed by atoms with Gasteiger partial charge in [-0.25, -0.2) is 18.2 Å². The van der Waals surface area contributed by atoms with Gasteiger partial charge in [0.25, 0.3) is 5.91 Å². The molecule has 2 atom stereocenters. The van der Waals surface area contributed by atoms with Crippen LogP contribution in [0.4, 0.5) is 19.0 Å². The maximum absolute atomic E-state index is 13.8. The van der Waals surface area contributed by atoms with Crippen LogP contribution in [0, 0.1) is 17.5 Å². The lowest BCUT2D eigenvalue weighted by Gasteiger charge is -2.28. The van der Waals surface area contributed by atoms with E-state index in [2.05, 4.69) is 15.2 Å². The lowest BCUT2D eigenvalue weighted by atomic mass is 10.0. The summed E-state index contributed by atoms with van der Waals surface area (Å²) in [6, 6.07) is 5.20. The van der Waals surface area contributed by atoms with E-state index in [-0.39, 0.29) is 31.2 Å². The predicted molar refractivity (Wildman–Crippen MR) is 142 cm³/mol. The molecule has 12 heteroatoms. The monoisotopic (exact) mass is 549 g/mol. The van der Waals surface area contributed by atoms with Crippen LogP contribution in [0.1, 0.15) is 35.4 Å². The first kappa shape index (κ1) is 27.9. The molecule has 204 valence electrons. The summed E-state index contributed by atoms with van der Waals surface area (Å²) in [5, 5.41) is 3.20. The normalized spacial score (nSPS) is 18.4. The minimum Gasteiger partial charge on any atom is -0.486 e. The van der Waals surface area contributed by atoms with Crippen LogP contribution < -0.4 is 15.0 Å². The van der Waals surface area contributed by atoms with Crippen molar-refractivity contribution in [2.45, 2.75) is 25.5 Å². The molecule has 1 unspecified atom stereocenters. The van der Waals surface area contributed by atoms with Crippen molar-refractivity contribution in [2.75, 3.05) is 51.3 Å². The number of hydrogen-bond donors (Lipinski definition) is 1. The van der Waals surface area contributed by atoms with E-state index in [9.17, 15) is 18.0 Å². The Morgan fingerprint density at radius 2 is 1.84 bits per heavy atom. The van der Waals surface area contributed by atoms with Crippen molar-refractivity contribution >= 4 is 36.3 Å². The molecule has 5 rings (SSSR count). The molecule has 1 amide bonds. The number of hydrogen-bond acceptors (Lipinski definition) is 7. The summed E-state index contributed by atoms with van der Waals surface area (Å²) in [5.41, 5.74) is 1.94. The van der Waals surface area contributed by atoms with E-state index in [4.69, 9.17) is 14.5 Å². The number of carbonyl (C=O) groups excluding carboxylic acids is 1. The van der Waals surface area contributed by atoms with Crippen molar-refractivity contribution in [3.05, 3.63) is 59.0 Å². The quantitative estimate of drug-likeness (QED) is 0.471. The van der Waals surface area contributed by atoms with Gasteiger partial charge in [0.05, 0.1) is 30.4 Å². The molecule has 0 radical (unpaired) electrons. The average Bonchev–Trinajstić information content (AvgIpc) is 3.40. The Bertz CT molecular complexity index is 1300. The molecule has 0 aliphatic carbocycles. The van der Waals surface area contributed by atoms with E-state index in [0.29, 0.717) is 67.4 Å². The first-order chi connectivity index (χ1) is 17.8. The fraction of sp³-hybridized carbons (Fsp3) is 0.423. The van der Waals surface area contributed by atoms with E-state index in [1.54, 1.807) is 30.2 Å². The SMILES string of the molecule is CN[C@H]1CCN(C(=O)c2cc(C(C)Oc3cc(F)c(F)c(F)c3)c3nc(N4CCOCC4)cnc3c2)C1.S. The third kappa shape index (κ3) is 5.67. The lowest BCUT2D eigenvalue weighted by Crippen LogP contribution is -2.36. The van der Waals surface area contributed by atoms with Crippen molar-refractivity contribution in [1.82, 2.24) is 20.2 Å². The van der Waals surface area contributed by atoms with E-state index in [0.717, 1.165) is 18.6 Å². The zero-order valence-electron chi connectivity index (χ0n) is 21.1. The summed E-state index contributed by atoms with van der Waals surface area (Å²) >= 11 is 0. The summed E-state index contributed by atoms with van der Waals surface area (Å²) in [4.78, 5) is 26.6. The number of fused-ring (bicyclic) bond motifs is 1. The maximum Gasteiger partial charge on any atom is 0.253 e. The molecule has 2 fully saturated rings. The zero-order valence-corrected chi connectivity index (χ0v) is 22.1. The van der Waals surface area contributed by atoms with Crippen molar-refractivity contribution in [3.8, 4) is 5.75 Å². The lowest BCUT2D eigenvalue weighted by molar-refractivity contribution is 0.0789. The van der Waals surface area contributed by atoms with Crippen molar-refractivity contribution in [3.63, 3.8) is 0 Å². The highest BCUT2D eigenvalue weighted by Crippen LogP contribution is 2.31. The molecule has 38 heavy (non-hydrogen) atoms. The number of ether oxygens (including phenoxy) is 2. The van der Waals surface area contributed by atoms with Gasteiger partial charge in [0, 0.05) is 55.5 Å². The Labute approximate surface area is 225 Å². The highest BCUT2D eigenvalue weighted by atomic mass is 32.1. The number of likely N-dealkylation sites (tertiary alicyclic amines) is 1. The van der Waals surface area contributed by atoms with E-state index in [1.807, 2.05) is 7.05 Å². The number of morpholine rings is 1. The van der Waals surface area contributed by atoms with Crippen LogP contribution in [0.25, 0.3) is 11.0 Å². The number of halogens is 3. The Balaban J connectivity index is 0.00000336. The molecule has 3 aromatic rings. The van der Waals surface area contributed by atoms with Crippen LogP contribution in [-0.2, 0) is 4.74 Å². The number of aromatic nitrogens is 2. The second-order valence-electron chi connectivity index (χ2n) is 9.25. The van der Waals surface area contributed by atoms with Gasteiger partial charge < -0.3 is 24.6 Å².